The first kappa shape index (κ1) is 14.0. The molecule has 1 N–H and O–H groups in total. The molecule has 0 spiro atoms. The third kappa shape index (κ3) is 3.12. The molecule has 0 saturated heterocycles. The van der Waals surface area contributed by atoms with E-state index in [4.69, 9.17) is 4.42 Å². The van der Waals surface area contributed by atoms with Crippen LogP contribution in [0.4, 0.5) is 0 Å². The Balaban J connectivity index is 2.10. The van der Waals surface area contributed by atoms with Gasteiger partial charge in [-0.3, -0.25) is 14.6 Å². The highest BCUT2D eigenvalue weighted by molar-refractivity contribution is 6.42. The molecule has 2 rings (SSSR count). The maximum Gasteiger partial charge on any atom is 0.296 e. The molecule has 104 valence electrons. The van der Waals surface area contributed by atoms with E-state index in [2.05, 4.69) is 10.3 Å². The van der Waals surface area contributed by atoms with Crippen molar-refractivity contribution in [2.45, 2.75) is 26.3 Å². The molecule has 20 heavy (non-hydrogen) atoms. The van der Waals surface area contributed by atoms with E-state index < -0.39 is 11.7 Å². The summed E-state index contributed by atoms with van der Waals surface area (Å²) in [6, 6.07) is 6.52. The van der Waals surface area contributed by atoms with Gasteiger partial charge in [-0.1, -0.05) is 6.92 Å². The zero-order valence-electron chi connectivity index (χ0n) is 11.4. The van der Waals surface area contributed by atoms with E-state index in [9.17, 15) is 9.59 Å². The standard InChI is InChI=1S/C15H16N2O3/c1-3-11(12-9-10(2)6-7-16-12)17-15(19)14(18)13-5-4-8-20-13/h4-9,11H,3H2,1-2H3,(H,17,19)/t11-/m1/s1. The number of amides is 1. The van der Waals surface area contributed by atoms with E-state index in [-0.39, 0.29) is 11.8 Å². The number of Topliss-reactive ketones (excluding diaryl/α,β-unsaturated/α-hetero) is 1. The van der Waals surface area contributed by atoms with Crippen LogP contribution in [0.15, 0.2) is 41.1 Å². The van der Waals surface area contributed by atoms with Crippen molar-refractivity contribution in [3.05, 3.63) is 53.7 Å². The van der Waals surface area contributed by atoms with E-state index in [0.29, 0.717) is 6.42 Å². The van der Waals surface area contributed by atoms with E-state index in [1.54, 1.807) is 12.3 Å². The van der Waals surface area contributed by atoms with Crippen molar-refractivity contribution in [3.63, 3.8) is 0 Å². The quantitative estimate of drug-likeness (QED) is 0.670. The average molecular weight is 272 g/mol. The Bertz CT molecular complexity index is 605. The van der Waals surface area contributed by atoms with Gasteiger partial charge in [0, 0.05) is 6.20 Å². The van der Waals surface area contributed by atoms with Gasteiger partial charge in [0.05, 0.1) is 18.0 Å². The molecule has 0 aromatic carbocycles. The Morgan fingerprint density at radius 1 is 1.40 bits per heavy atom. The molecule has 0 aliphatic rings. The summed E-state index contributed by atoms with van der Waals surface area (Å²) in [7, 11) is 0. The number of aryl methyl sites for hydroxylation is 1. The second-order valence-electron chi connectivity index (χ2n) is 4.50. The zero-order chi connectivity index (χ0) is 14.5. The van der Waals surface area contributed by atoms with Crippen molar-refractivity contribution in [1.29, 1.82) is 0 Å². The smallest absolute Gasteiger partial charge is 0.296 e. The molecule has 0 unspecified atom stereocenters. The minimum atomic E-state index is -0.685. The fraction of sp³-hybridized carbons (Fsp3) is 0.267. The predicted molar refractivity (Wildman–Crippen MR) is 73.2 cm³/mol. The monoisotopic (exact) mass is 272 g/mol. The number of hydrogen-bond acceptors (Lipinski definition) is 4. The maximum atomic E-state index is 11.9. The fourth-order valence-corrected chi connectivity index (χ4v) is 1.88. The Hall–Kier alpha value is -2.43. The number of carbonyl (C=O) groups excluding carboxylic acids is 2. The van der Waals surface area contributed by atoms with Crippen molar-refractivity contribution >= 4 is 11.7 Å². The van der Waals surface area contributed by atoms with Gasteiger partial charge in [0.15, 0.2) is 5.76 Å². The number of carbonyl (C=O) groups is 2. The second-order valence-corrected chi connectivity index (χ2v) is 4.50. The number of furan rings is 1. The molecule has 2 aromatic rings. The summed E-state index contributed by atoms with van der Waals surface area (Å²) in [5, 5.41) is 2.69. The molecule has 5 heteroatoms. The molecule has 0 aliphatic heterocycles. The van der Waals surface area contributed by atoms with Gasteiger partial charge in [0.25, 0.3) is 11.7 Å². The highest BCUT2D eigenvalue weighted by Gasteiger charge is 2.22. The molecule has 1 amide bonds. The summed E-state index contributed by atoms with van der Waals surface area (Å²) >= 11 is 0. The van der Waals surface area contributed by atoms with Gasteiger partial charge >= 0.3 is 0 Å². The third-order valence-electron chi connectivity index (χ3n) is 2.96. The highest BCUT2D eigenvalue weighted by Crippen LogP contribution is 2.15. The van der Waals surface area contributed by atoms with E-state index in [1.807, 2.05) is 26.0 Å². The molecule has 2 aromatic heterocycles. The van der Waals surface area contributed by atoms with E-state index in [1.165, 1.54) is 12.3 Å². The molecule has 0 saturated carbocycles. The second kappa shape index (κ2) is 6.14. The third-order valence-corrected chi connectivity index (χ3v) is 2.96. The van der Waals surface area contributed by atoms with Gasteiger partial charge in [0.2, 0.25) is 0 Å². The van der Waals surface area contributed by atoms with E-state index >= 15 is 0 Å². The molecule has 0 aliphatic carbocycles. The first-order chi connectivity index (χ1) is 9.61. The number of ketones is 1. The SMILES string of the molecule is CC[C@@H](NC(=O)C(=O)c1ccco1)c1cc(C)ccn1. The van der Waals surface area contributed by atoms with Crippen LogP contribution < -0.4 is 5.32 Å². The van der Waals surface area contributed by atoms with Crippen LogP contribution in [0.1, 0.15) is 41.2 Å². The molecule has 5 nitrogen and oxygen atoms in total. The Morgan fingerprint density at radius 3 is 2.80 bits per heavy atom. The summed E-state index contributed by atoms with van der Waals surface area (Å²) in [6.45, 7) is 3.88. The van der Waals surface area contributed by atoms with Crippen LogP contribution in [0.5, 0.6) is 0 Å². The zero-order valence-corrected chi connectivity index (χ0v) is 11.4. The van der Waals surface area contributed by atoms with Gasteiger partial charge in [-0.05, 0) is 43.2 Å². The van der Waals surface area contributed by atoms with Crippen molar-refractivity contribution < 1.29 is 14.0 Å². The lowest BCUT2D eigenvalue weighted by atomic mass is 10.1. The minimum Gasteiger partial charge on any atom is -0.461 e. The number of nitrogens with one attached hydrogen (secondary N) is 1. The lowest BCUT2D eigenvalue weighted by Gasteiger charge is -2.16. The van der Waals surface area contributed by atoms with Crippen LogP contribution in [0.3, 0.4) is 0 Å². The van der Waals surface area contributed by atoms with Crippen LogP contribution in [0.25, 0.3) is 0 Å². The normalized spacial score (nSPS) is 11.9. The lowest BCUT2D eigenvalue weighted by Crippen LogP contribution is -2.34. The molecular weight excluding hydrogens is 256 g/mol. The number of nitrogens with zero attached hydrogens (tertiary/aromatic N) is 1. The molecular formula is C15H16N2O3. The first-order valence-corrected chi connectivity index (χ1v) is 6.43. The van der Waals surface area contributed by atoms with Crippen molar-refractivity contribution in [2.75, 3.05) is 0 Å². The van der Waals surface area contributed by atoms with Crippen molar-refractivity contribution in [2.24, 2.45) is 0 Å². The molecule has 0 bridgehead atoms. The first-order valence-electron chi connectivity index (χ1n) is 6.43. The summed E-state index contributed by atoms with van der Waals surface area (Å²) in [5.41, 5.74) is 1.80. The van der Waals surface area contributed by atoms with Gasteiger partial charge in [0.1, 0.15) is 0 Å². The minimum absolute atomic E-state index is 0.0366. The Labute approximate surface area is 117 Å². The van der Waals surface area contributed by atoms with Crippen LogP contribution in [-0.4, -0.2) is 16.7 Å². The van der Waals surface area contributed by atoms with Crippen LogP contribution in [-0.2, 0) is 4.79 Å². The van der Waals surface area contributed by atoms with Crippen molar-refractivity contribution in [3.8, 4) is 0 Å². The maximum absolute atomic E-state index is 11.9. The average Bonchev–Trinajstić information content (AvgIpc) is 2.97. The number of rotatable bonds is 5. The lowest BCUT2D eigenvalue weighted by molar-refractivity contribution is -0.117. The summed E-state index contributed by atoms with van der Waals surface area (Å²) in [6.07, 6.45) is 3.70. The molecule has 0 fully saturated rings. The molecule has 0 radical (unpaired) electrons. The van der Waals surface area contributed by atoms with Crippen LogP contribution >= 0.6 is 0 Å². The van der Waals surface area contributed by atoms with E-state index in [0.717, 1.165) is 11.3 Å². The van der Waals surface area contributed by atoms with Gasteiger partial charge < -0.3 is 9.73 Å². The molecule has 1 atom stereocenters. The number of pyridine rings is 1. The topological polar surface area (TPSA) is 72.2 Å². The summed E-state index contributed by atoms with van der Waals surface area (Å²) in [4.78, 5) is 28.0. The fourth-order valence-electron chi connectivity index (χ4n) is 1.88. The largest absolute Gasteiger partial charge is 0.461 e. The number of aromatic nitrogens is 1. The highest BCUT2D eigenvalue weighted by atomic mass is 16.3. The van der Waals surface area contributed by atoms with Crippen LogP contribution in [0, 0.1) is 6.92 Å². The van der Waals surface area contributed by atoms with Crippen LogP contribution in [0.2, 0.25) is 0 Å². The van der Waals surface area contributed by atoms with Gasteiger partial charge in [-0.25, -0.2) is 0 Å². The Morgan fingerprint density at radius 2 is 2.20 bits per heavy atom. The van der Waals surface area contributed by atoms with Crippen molar-refractivity contribution in [1.82, 2.24) is 10.3 Å². The number of hydrogen-bond donors (Lipinski definition) is 1. The van der Waals surface area contributed by atoms with Gasteiger partial charge in [-0.2, -0.15) is 0 Å². The molecule has 2 heterocycles. The Kier molecular flexibility index (Phi) is 4.30. The summed E-state index contributed by atoms with van der Waals surface area (Å²) in [5.74, 6) is -1.33. The predicted octanol–water partition coefficient (Wildman–Crippen LogP) is 2.43. The summed E-state index contributed by atoms with van der Waals surface area (Å²) < 4.78 is 4.93. The van der Waals surface area contributed by atoms with Gasteiger partial charge in [-0.15, -0.1) is 0 Å².